The van der Waals surface area contributed by atoms with Gasteiger partial charge in [0.15, 0.2) is 11.6 Å². The van der Waals surface area contributed by atoms with E-state index in [0.717, 1.165) is 30.0 Å². The Morgan fingerprint density at radius 1 is 1.31 bits per heavy atom. The van der Waals surface area contributed by atoms with Crippen LogP contribution in [0.2, 0.25) is 5.02 Å². The molecule has 1 atom stereocenters. The quantitative estimate of drug-likeness (QED) is 0.438. The number of likely N-dealkylation sites (N-methyl/N-ethyl adjacent to an activating group) is 1. The predicted octanol–water partition coefficient (Wildman–Crippen LogP) is 4.25. The predicted molar refractivity (Wildman–Crippen MR) is 138 cm³/mol. The largest absolute Gasteiger partial charge is 0.494 e. The summed E-state index contributed by atoms with van der Waals surface area (Å²) in [7, 11) is 5.55. The Labute approximate surface area is 218 Å². The van der Waals surface area contributed by atoms with Crippen molar-refractivity contribution >= 4 is 35.2 Å². The number of primary amides is 1. The number of aromatic nitrogens is 2. The van der Waals surface area contributed by atoms with Crippen molar-refractivity contribution in [2.45, 2.75) is 28.9 Å². The van der Waals surface area contributed by atoms with Crippen LogP contribution >= 0.6 is 23.4 Å². The minimum absolute atomic E-state index is 0.144. The zero-order chi connectivity index (χ0) is 25.8. The second kappa shape index (κ2) is 11.3. The fourth-order valence-corrected chi connectivity index (χ4v) is 5.05. The van der Waals surface area contributed by atoms with E-state index < -0.39 is 11.7 Å². The molecule has 4 rings (SSSR count). The Kier molecular flexibility index (Phi) is 8.17. The Bertz CT molecular complexity index is 1260. The third-order valence-electron chi connectivity index (χ3n) is 5.91. The maximum absolute atomic E-state index is 13.8. The smallest absolute Gasteiger partial charge is 0.250 e. The van der Waals surface area contributed by atoms with Crippen LogP contribution in [0.1, 0.15) is 22.3 Å². The Morgan fingerprint density at radius 3 is 2.78 bits per heavy atom. The van der Waals surface area contributed by atoms with Gasteiger partial charge < -0.3 is 25.0 Å². The summed E-state index contributed by atoms with van der Waals surface area (Å²) in [6.07, 6.45) is 2.73. The van der Waals surface area contributed by atoms with Crippen molar-refractivity contribution in [3.05, 3.63) is 64.6 Å². The molecule has 1 aliphatic heterocycles. The van der Waals surface area contributed by atoms with E-state index in [1.807, 2.05) is 0 Å². The first-order valence-corrected chi connectivity index (χ1v) is 12.5. The molecule has 1 fully saturated rings. The average Bonchev–Trinajstić information content (AvgIpc) is 3.35. The van der Waals surface area contributed by atoms with Crippen LogP contribution in [0.3, 0.4) is 0 Å². The highest BCUT2D eigenvalue weighted by molar-refractivity contribution is 7.99. The molecular weight excluding hydrogens is 505 g/mol. The van der Waals surface area contributed by atoms with Crippen LogP contribution < -0.4 is 20.1 Å². The summed E-state index contributed by atoms with van der Waals surface area (Å²) >= 11 is 7.59. The number of hydrogen-bond donors (Lipinski definition) is 1. The molecule has 11 heteroatoms. The number of anilines is 1. The van der Waals surface area contributed by atoms with Crippen LogP contribution in [0.25, 0.3) is 0 Å². The number of carbonyl (C=O) groups is 1. The third-order valence-corrected chi connectivity index (χ3v) is 7.21. The Balaban J connectivity index is 1.61. The van der Waals surface area contributed by atoms with E-state index in [-0.39, 0.29) is 22.9 Å². The molecule has 1 amide bonds. The number of rotatable bonds is 9. The van der Waals surface area contributed by atoms with E-state index in [4.69, 9.17) is 31.8 Å². The molecule has 8 nitrogen and oxygen atoms in total. The van der Waals surface area contributed by atoms with Crippen molar-refractivity contribution in [2.75, 3.05) is 39.2 Å². The maximum Gasteiger partial charge on any atom is 0.250 e. The topological polar surface area (TPSA) is 93.8 Å². The van der Waals surface area contributed by atoms with Crippen LogP contribution in [0, 0.1) is 5.82 Å². The molecule has 2 aromatic carbocycles. The van der Waals surface area contributed by atoms with Gasteiger partial charge in [-0.2, -0.15) is 4.98 Å². The minimum atomic E-state index is -0.593. The van der Waals surface area contributed by atoms with E-state index in [1.54, 1.807) is 36.5 Å². The molecule has 1 aromatic heterocycles. The second-order valence-corrected chi connectivity index (χ2v) is 10.1. The molecule has 0 unspecified atom stereocenters. The number of benzene rings is 2. The number of nitrogens with two attached hydrogens (primary N) is 1. The number of nitrogens with zero attached hydrogens (tertiary/aromatic N) is 4. The SMILES string of the molecule is COc1cc(COc2nc(N3CC[C@@H](N(C)C)C3)ncc2Sc2ccc(C(N)=O)c(Cl)c2)ccc1F. The molecule has 3 aromatic rings. The fraction of sp³-hybridized carbons (Fsp3) is 0.320. The van der Waals surface area contributed by atoms with Gasteiger partial charge in [0.25, 0.3) is 0 Å². The minimum Gasteiger partial charge on any atom is -0.494 e. The van der Waals surface area contributed by atoms with Crippen molar-refractivity contribution in [1.29, 1.82) is 0 Å². The Morgan fingerprint density at radius 2 is 2.11 bits per heavy atom. The summed E-state index contributed by atoms with van der Waals surface area (Å²) in [6, 6.07) is 9.99. The third kappa shape index (κ3) is 6.00. The molecule has 2 heterocycles. The van der Waals surface area contributed by atoms with Gasteiger partial charge in [-0.3, -0.25) is 4.79 Å². The second-order valence-electron chi connectivity index (χ2n) is 8.56. The molecule has 1 saturated heterocycles. The highest BCUT2D eigenvalue weighted by Gasteiger charge is 2.26. The molecule has 0 radical (unpaired) electrons. The number of methoxy groups -OCH3 is 1. The summed E-state index contributed by atoms with van der Waals surface area (Å²) in [5.41, 5.74) is 6.34. The van der Waals surface area contributed by atoms with Gasteiger partial charge >= 0.3 is 0 Å². The van der Waals surface area contributed by atoms with Gasteiger partial charge in [0.1, 0.15) is 6.61 Å². The lowest BCUT2D eigenvalue weighted by molar-refractivity contribution is 0.100. The van der Waals surface area contributed by atoms with Gasteiger partial charge in [0, 0.05) is 24.0 Å². The first kappa shape index (κ1) is 26.0. The molecule has 36 heavy (non-hydrogen) atoms. The molecule has 0 aliphatic carbocycles. The highest BCUT2D eigenvalue weighted by atomic mass is 35.5. The van der Waals surface area contributed by atoms with Crippen LogP contribution in [-0.4, -0.2) is 61.1 Å². The Hall–Kier alpha value is -3.08. The zero-order valence-corrected chi connectivity index (χ0v) is 21.8. The fourth-order valence-electron chi connectivity index (χ4n) is 3.85. The monoisotopic (exact) mass is 531 g/mol. The van der Waals surface area contributed by atoms with Gasteiger partial charge in [0.05, 0.1) is 28.8 Å². The molecule has 0 spiro atoms. The first-order chi connectivity index (χ1) is 17.2. The summed E-state index contributed by atoms with van der Waals surface area (Å²) < 4.78 is 25.0. The van der Waals surface area contributed by atoms with Crippen LogP contribution in [0.4, 0.5) is 10.3 Å². The van der Waals surface area contributed by atoms with E-state index >= 15 is 0 Å². The number of halogens is 2. The summed E-state index contributed by atoms with van der Waals surface area (Å²) in [5.74, 6) is 0.0754. The van der Waals surface area contributed by atoms with E-state index in [0.29, 0.717) is 22.8 Å². The van der Waals surface area contributed by atoms with Crippen molar-refractivity contribution in [3.63, 3.8) is 0 Å². The summed E-state index contributed by atoms with van der Waals surface area (Å²) in [5, 5.41) is 0.262. The molecule has 0 bridgehead atoms. The van der Waals surface area contributed by atoms with Crippen molar-refractivity contribution in [3.8, 4) is 11.6 Å². The van der Waals surface area contributed by atoms with E-state index in [1.165, 1.54) is 24.9 Å². The zero-order valence-electron chi connectivity index (χ0n) is 20.2. The van der Waals surface area contributed by atoms with Crippen molar-refractivity contribution in [1.82, 2.24) is 14.9 Å². The van der Waals surface area contributed by atoms with Gasteiger partial charge in [-0.05, 0) is 56.4 Å². The molecule has 2 N–H and O–H groups in total. The van der Waals surface area contributed by atoms with Gasteiger partial charge in [-0.15, -0.1) is 0 Å². The lowest BCUT2D eigenvalue weighted by Gasteiger charge is -2.21. The average molecular weight is 532 g/mol. The molecule has 190 valence electrons. The summed E-state index contributed by atoms with van der Waals surface area (Å²) in [4.78, 5) is 26.6. The number of amides is 1. The first-order valence-electron chi connectivity index (χ1n) is 11.3. The van der Waals surface area contributed by atoms with Crippen molar-refractivity contribution in [2.24, 2.45) is 5.73 Å². The van der Waals surface area contributed by atoms with Gasteiger partial charge in [0.2, 0.25) is 17.7 Å². The maximum atomic E-state index is 13.8. The molecule has 1 aliphatic rings. The van der Waals surface area contributed by atoms with E-state index in [9.17, 15) is 9.18 Å². The van der Waals surface area contributed by atoms with Gasteiger partial charge in [-0.25, -0.2) is 9.37 Å². The number of hydrogen-bond acceptors (Lipinski definition) is 8. The standard InChI is InChI=1S/C25H27ClFN5O3S/c1-31(2)16-8-9-32(13-16)25-29-12-22(36-17-5-6-18(23(28)33)19(26)11-17)24(30-25)35-14-15-4-7-20(27)21(10-15)34-3/h4-7,10-12,16H,8-9,13-14H2,1-3H3,(H2,28,33)/t16-/m1/s1. The molecule has 0 saturated carbocycles. The van der Waals surface area contributed by atoms with E-state index in [2.05, 4.69) is 28.9 Å². The van der Waals surface area contributed by atoms with Crippen molar-refractivity contribution < 1.29 is 18.7 Å². The number of ether oxygens (including phenoxy) is 2. The lowest BCUT2D eigenvalue weighted by Crippen LogP contribution is -2.32. The molecular formula is C25H27ClFN5O3S. The lowest BCUT2D eigenvalue weighted by atomic mass is 10.2. The van der Waals surface area contributed by atoms with Crippen LogP contribution in [0.5, 0.6) is 11.6 Å². The normalized spacial score (nSPS) is 15.4. The van der Waals surface area contributed by atoms with Crippen LogP contribution in [-0.2, 0) is 6.61 Å². The van der Waals surface area contributed by atoms with Crippen LogP contribution in [0.15, 0.2) is 52.4 Å². The number of carbonyl (C=O) groups excluding carboxylic acids is 1. The van der Waals surface area contributed by atoms with Gasteiger partial charge in [-0.1, -0.05) is 29.4 Å². The highest BCUT2D eigenvalue weighted by Crippen LogP contribution is 2.37. The summed E-state index contributed by atoms with van der Waals surface area (Å²) in [6.45, 7) is 1.81.